The molecule has 0 atom stereocenters. The molecule has 0 aliphatic carbocycles. The Labute approximate surface area is 263 Å². The van der Waals surface area contributed by atoms with Gasteiger partial charge in [-0.2, -0.15) is 4.58 Å². The predicted molar refractivity (Wildman–Crippen MR) is 189 cm³/mol. The van der Waals surface area contributed by atoms with E-state index in [1.165, 1.54) is 55.5 Å². The van der Waals surface area contributed by atoms with Crippen LogP contribution < -0.4 is 4.90 Å². The van der Waals surface area contributed by atoms with Crippen molar-refractivity contribution in [3.05, 3.63) is 120 Å². The molecule has 226 valence electrons. The van der Waals surface area contributed by atoms with Crippen LogP contribution in [0, 0.1) is 5.92 Å². The van der Waals surface area contributed by atoms with E-state index in [2.05, 4.69) is 154 Å². The third-order valence-electron chi connectivity index (χ3n) is 9.69. The van der Waals surface area contributed by atoms with Crippen LogP contribution in [-0.2, 0) is 15.6 Å². The first-order chi connectivity index (χ1) is 21.2. The molecular formula is C41H47N2O+. The Morgan fingerprint density at radius 3 is 2.11 bits per heavy atom. The normalized spacial score (nSPS) is 18.2. The molecule has 0 fully saturated rings. The summed E-state index contributed by atoms with van der Waals surface area (Å²) in [6.07, 6.45) is 12.4. The van der Waals surface area contributed by atoms with Crippen LogP contribution in [0.3, 0.4) is 0 Å². The zero-order valence-electron chi connectivity index (χ0n) is 27.5. The highest BCUT2D eigenvalue weighted by Gasteiger charge is 2.45. The van der Waals surface area contributed by atoms with Gasteiger partial charge in [0.05, 0.1) is 12.0 Å². The minimum absolute atomic E-state index is 0.0942. The van der Waals surface area contributed by atoms with E-state index in [1.807, 2.05) is 0 Å². The van der Waals surface area contributed by atoms with Crippen molar-refractivity contribution in [2.24, 2.45) is 5.92 Å². The molecule has 0 saturated carbocycles. The Bertz CT molecular complexity index is 1830. The molecule has 2 aliphatic heterocycles. The molecule has 6 rings (SSSR count). The second-order valence-electron chi connectivity index (χ2n) is 13.8. The zero-order valence-corrected chi connectivity index (χ0v) is 27.5. The predicted octanol–water partition coefficient (Wildman–Crippen LogP) is 9.86. The maximum atomic E-state index is 5.53. The number of benzene rings is 4. The van der Waals surface area contributed by atoms with Crippen molar-refractivity contribution in [3.63, 3.8) is 0 Å². The number of rotatable bonds is 9. The monoisotopic (exact) mass is 583 g/mol. The fraction of sp³-hybridized carbons (Fsp3) is 0.341. The summed E-state index contributed by atoms with van der Waals surface area (Å²) in [5, 5.41) is 5.29. The first-order valence-corrected chi connectivity index (χ1v) is 16.2. The maximum absolute atomic E-state index is 5.53. The zero-order chi connectivity index (χ0) is 31.1. The van der Waals surface area contributed by atoms with Crippen molar-refractivity contribution in [1.82, 2.24) is 0 Å². The minimum Gasteiger partial charge on any atom is -0.383 e. The van der Waals surface area contributed by atoms with E-state index >= 15 is 0 Å². The highest BCUT2D eigenvalue weighted by atomic mass is 16.5. The summed E-state index contributed by atoms with van der Waals surface area (Å²) in [6, 6.07) is 26.7. The van der Waals surface area contributed by atoms with Gasteiger partial charge in [-0.3, -0.25) is 0 Å². The summed E-state index contributed by atoms with van der Waals surface area (Å²) < 4.78 is 8.10. The first-order valence-electron chi connectivity index (χ1n) is 16.2. The van der Waals surface area contributed by atoms with E-state index in [9.17, 15) is 0 Å². The third-order valence-corrected chi connectivity index (χ3v) is 9.69. The van der Waals surface area contributed by atoms with Gasteiger partial charge in [-0.15, -0.1) is 0 Å². The fourth-order valence-corrected chi connectivity index (χ4v) is 7.48. The topological polar surface area (TPSA) is 15.5 Å². The molecule has 0 spiro atoms. The molecule has 0 saturated heterocycles. The van der Waals surface area contributed by atoms with Gasteiger partial charge in [-0.25, -0.2) is 0 Å². The van der Waals surface area contributed by atoms with Gasteiger partial charge in [0.1, 0.15) is 6.54 Å². The van der Waals surface area contributed by atoms with Gasteiger partial charge >= 0.3 is 0 Å². The number of hydrogen-bond acceptors (Lipinski definition) is 2. The van der Waals surface area contributed by atoms with E-state index in [4.69, 9.17) is 4.74 Å². The van der Waals surface area contributed by atoms with E-state index in [0.717, 1.165) is 19.5 Å². The fourth-order valence-electron chi connectivity index (χ4n) is 7.48. The lowest BCUT2D eigenvalue weighted by molar-refractivity contribution is -0.439. The van der Waals surface area contributed by atoms with Crippen molar-refractivity contribution in [2.75, 3.05) is 31.7 Å². The number of methoxy groups -OCH3 is 1. The second kappa shape index (κ2) is 11.9. The Morgan fingerprint density at radius 1 is 0.773 bits per heavy atom. The summed E-state index contributed by atoms with van der Waals surface area (Å²) in [5.41, 5.74) is 7.93. The van der Waals surface area contributed by atoms with Crippen LogP contribution in [0.15, 0.2) is 109 Å². The van der Waals surface area contributed by atoms with Gasteiger partial charge in [-0.05, 0) is 65.1 Å². The Kier molecular flexibility index (Phi) is 8.11. The lowest BCUT2D eigenvalue weighted by atomic mass is 9.79. The van der Waals surface area contributed by atoms with Crippen LogP contribution in [0.25, 0.3) is 21.5 Å². The number of fused-ring (bicyclic) bond motifs is 6. The largest absolute Gasteiger partial charge is 0.383 e. The highest BCUT2D eigenvalue weighted by Crippen LogP contribution is 2.50. The SMILES string of the molecule is COCCN1C(=CC=CC=CC2=[N+](CCC(C)C)c3ccc4ccccc4c3C2(C)C)C(C)(C)c2c1ccc1ccccc21. The third kappa shape index (κ3) is 5.12. The van der Waals surface area contributed by atoms with E-state index in [1.54, 1.807) is 7.11 Å². The van der Waals surface area contributed by atoms with E-state index in [0.29, 0.717) is 12.5 Å². The molecule has 4 aromatic rings. The molecule has 0 N–H and O–H groups in total. The quantitative estimate of drug-likeness (QED) is 0.144. The number of ether oxygens (including phenoxy) is 1. The average Bonchev–Trinajstić information content (AvgIpc) is 3.37. The second-order valence-corrected chi connectivity index (χ2v) is 13.8. The molecule has 0 amide bonds. The molecule has 3 heteroatoms. The highest BCUT2D eigenvalue weighted by molar-refractivity contribution is 6.07. The van der Waals surface area contributed by atoms with Crippen LogP contribution in [0.4, 0.5) is 11.4 Å². The van der Waals surface area contributed by atoms with Crippen molar-refractivity contribution in [1.29, 1.82) is 0 Å². The molecule has 44 heavy (non-hydrogen) atoms. The summed E-state index contributed by atoms with van der Waals surface area (Å²) in [4.78, 5) is 2.45. The minimum atomic E-state index is -0.128. The van der Waals surface area contributed by atoms with Crippen LogP contribution in [0.1, 0.15) is 59.1 Å². The van der Waals surface area contributed by atoms with Crippen molar-refractivity contribution < 1.29 is 9.31 Å². The molecule has 3 nitrogen and oxygen atoms in total. The smallest absolute Gasteiger partial charge is 0.210 e. The van der Waals surface area contributed by atoms with Crippen molar-refractivity contribution in [3.8, 4) is 0 Å². The maximum Gasteiger partial charge on any atom is 0.210 e. The van der Waals surface area contributed by atoms with Gasteiger partial charge in [0.25, 0.3) is 0 Å². The molecular weight excluding hydrogens is 536 g/mol. The van der Waals surface area contributed by atoms with Crippen LogP contribution in [-0.4, -0.2) is 37.1 Å². The van der Waals surface area contributed by atoms with Crippen LogP contribution in [0.5, 0.6) is 0 Å². The van der Waals surface area contributed by atoms with Gasteiger partial charge in [0.15, 0.2) is 5.71 Å². The van der Waals surface area contributed by atoms with Gasteiger partial charge in [-0.1, -0.05) is 101 Å². The summed E-state index contributed by atoms with van der Waals surface area (Å²) in [7, 11) is 1.78. The van der Waals surface area contributed by atoms with Crippen LogP contribution in [0.2, 0.25) is 0 Å². The lowest BCUT2D eigenvalue weighted by Gasteiger charge is -2.26. The number of allylic oxidation sites excluding steroid dienone is 6. The molecule has 0 radical (unpaired) electrons. The van der Waals surface area contributed by atoms with Gasteiger partial charge in [0, 0.05) is 54.6 Å². The van der Waals surface area contributed by atoms with Gasteiger partial charge < -0.3 is 9.64 Å². The standard InChI is InChI=1S/C41H47N2O/c1-29(2)25-26-42-34-23-21-30-15-11-13-17-32(30)38(34)40(3,4)36(42)19-9-8-10-20-37-41(5,6)39-33-18-14-12-16-31(33)22-24-35(39)43(37)27-28-44-7/h8-24,29H,25-28H2,1-7H3/q+1. The van der Waals surface area contributed by atoms with Gasteiger partial charge in [0.2, 0.25) is 5.69 Å². The molecule has 0 aromatic heterocycles. The molecule has 2 aliphatic rings. The Balaban J connectivity index is 1.35. The van der Waals surface area contributed by atoms with E-state index < -0.39 is 0 Å². The lowest BCUT2D eigenvalue weighted by Crippen LogP contribution is -2.28. The van der Waals surface area contributed by atoms with Crippen molar-refractivity contribution in [2.45, 2.75) is 58.8 Å². The van der Waals surface area contributed by atoms with Crippen LogP contribution >= 0.6 is 0 Å². The molecule has 4 aromatic carbocycles. The Morgan fingerprint density at radius 2 is 1.43 bits per heavy atom. The number of hydrogen-bond donors (Lipinski definition) is 0. The summed E-state index contributed by atoms with van der Waals surface area (Å²) in [5.74, 6) is 0.649. The Hall–Kier alpha value is -3.95. The summed E-state index contributed by atoms with van der Waals surface area (Å²) in [6.45, 7) is 16.6. The van der Waals surface area contributed by atoms with E-state index in [-0.39, 0.29) is 10.8 Å². The molecule has 0 bridgehead atoms. The number of nitrogens with zero attached hydrogens (tertiary/aromatic N) is 2. The molecule has 0 unspecified atom stereocenters. The number of anilines is 1. The average molecular weight is 584 g/mol. The molecule has 2 heterocycles. The van der Waals surface area contributed by atoms with Crippen molar-refractivity contribution >= 4 is 38.6 Å². The summed E-state index contributed by atoms with van der Waals surface area (Å²) >= 11 is 0. The first kappa shape index (κ1) is 30.1.